The van der Waals surface area contributed by atoms with Crippen LogP contribution in [0, 0.1) is 0 Å². The fourth-order valence-corrected chi connectivity index (χ4v) is 3.48. The Morgan fingerprint density at radius 3 is 2.17 bits per heavy atom. The fourth-order valence-electron chi connectivity index (χ4n) is 3.48. The molecular weight excluding hydrogens is 362 g/mol. The third-order valence-electron chi connectivity index (χ3n) is 4.97. The molecule has 0 saturated heterocycles. The minimum absolute atomic E-state index is 0.0947. The van der Waals surface area contributed by atoms with Crippen molar-refractivity contribution in [2.24, 2.45) is 0 Å². The van der Waals surface area contributed by atoms with Gasteiger partial charge in [0, 0.05) is 27.5 Å². The lowest BCUT2D eigenvalue weighted by Crippen LogP contribution is -2.01. The van der Waals surface area contributed by atoms with Gasteiger partial charge in [-0.15, -0.1) is 0 Å². The maximum Gasteiger partial charge on any atom is 0.225 e. The number of ether oxygens (including phenoxy) is 1. The summed E-state index contributed by atoms with van der Waals surface area (Å²) in [6.45, 7) is 0.501. The number of H-pyrrole nitrogens is 2. The van der Waals surface area contributed by atoms with Gasteiger partial charge >= 0.3 is 0 Å². The number of hydrogen-bond acceptors (Lipinski definition) is 3. The number of fused-ring (bicyclic) bond motifs is 2. The largest absolute Gasteiger partial charge is 0.489 e. The summed E-state index contributed by atoms with van der Waals surface area (Å²) in [7, 11) is 0. The van der Waals surface area contributed by atoms with Crippen LogP contribution in [0.1, 0.15) is 21.7 Å². The molecule has 0 amide bonds. The molecule has 0 atom stereocenters. The number of aromatic amines is 2. The molecule has 3 aromatic carbocycles. The Hall–Kier alpha value is -3.99. The number of hydrogen-bond donors (Lipinski definition) is 3. The third kappa shape index (κ3) is 3.34. The highest BCUT2D eigenvalue weighted by Gasteiger charge is 2.15. The third-order valence-corrected chi connectivity index (χ3v) is 4.97. The van der Waals surface area contributed by atoms with E-state index in [4.69, 9.17) is 10.5 Å². The summed E-state index contributed by atoms with van der Waals surface area (Å²) in [6.07, 6.45) is 0. The Bertz CT molecular complexity index is 1330. The van der Waals surface area contributed by atoms with Crippen molar-refractivity contribution in [2.75, 3.05) is 5.73 Å². The monoisotopic (exact) mass is 381 g/mol. The predicted octanol–water partition coefficient (Wildman–Crippen LogP) is 5.04. The smallest absolute Gasteiger partial charge is 0.225 e. The van der Waals surface area contributed by atoms with E-state index >= 15 is 0 Å². The Balaban J connectivity index is 1.40. The number of benzene rings is 3. The Morgan fingerprint density at radius 1 is 0.793 bits per heavy atom. The van der Waals surface area contributed by atoms with Crippen molar-refractivity contribution < 1.29 is 9.53 Å². The molecule has 29 heavy (non-hydrogen) atoms. The van der Waals surface area contributed by atoms with Crippen LogP contribution in [0.4, 0.5) is 5.69 Å². The van der Waals surface area contributed by atoms with Crippen LogP contribution in [0.3, 0.4) is 0 Å². The topological polar surface area (TPSA) is 83.9 Å². The zero-order valence-electron chi connectivity index (χ0n) is 15.6. The predicted molar refractivity (Wildman–Crippen MR) is 115 cm³/mol. The number of nitrogens with two attached hydrogens (primary N) is 1. The molecule has 0 saturated carbocycles. The van der Waals surface area contributed by atoms with E-state index in [1.807, 2.05) is 78.9 Å². The number of rotatable bonds is 5. The van der Waals surface area contributed by atoms with Crippen molar-refractivity contribution in [1.82, 2.24) is 9.97 Å². The molecule has 5 aromatic rings. The quantitative estimate of drug-likeness (QED) is 0.294. The van der Waals surface area contributed by atoms with Gasteiger partial charge in [-0.3, -0.25) is 4.79 Å². The summed E-state index contributed by atoms with van der Waals surface area (Å²) >= 11 is 0. The molecule has 5 heteroatoms. The number of nitrogen functional groups attached to an aromatic ring is 1. The van der Waals surface area contributed by atoms with Gasteiger partial charge in [-0.1, -0.05) is 30.3 Å². The van der Waals surface area contributed by atoms with Crippen LogP contribution in [0.5, 0.6) is 5.75 Å². The molecule has 0 aliphatic rings. The molecule has 0 bridgehead atoms. The van der Waals surface area contributed by atoms with E-state index < -0.39 is 0 Å². The van der Waals surface area contributed by atoms with E-state index in [1.165, 1.54) is 0 Å². The molecule has 0 aliphatic heterocycles. The maximum absolute atomic E-state index is 12.9. The van der Waals surface area contributed by atoms with Gasteiger partial charge in [0.25, 0.3) is 0 Å². The molecule has 2 aromatic heterocycles. The summed E-state index contributed by atoms with van der Waals surface area (Å²) in [6, 6.07) is 25.0. The summed E-state index contributed by atoms with van der Waals surface area (Å²) in [4.78, 5) is 19.3. The second-order valence-electron chi connectivity index (χ2n) is 7.07. The molecule has 142 valence electrons. The first-order chi connectivity index (χ1) is 14.2. The molecular formula is C24H19N3O2. The first-order valence-corrected chi connectivity index (χ1v) is 9.38. The first-order valence-electron chi connectivity index (χ1n) is 9.38. The first kappa shape index (κ1) is 17.1. The van der Waals surface area contributed by atoms with Gasteiger partial charge in [0.05, 0.1) is 11.4 Å². The van der Waals surface area contributed by atoms with Crippen LogP contribution < -0.4 is 10.5 Å². The lowest BCUT2D eigenvalue weighted by molar-refractivity contribution is 0.103. The van der Waals surface area contributed by atoms with Crippen LogP contribution in [0.25, 0.3) is 21.8 Å². The zero-order valence-corrected chi connectivity index (χ0v) is 15.6. The normalized spacial score (nSPS) is 11.2. The Labute approximate surface area is 167 Å². The molecule has 0 aliphatic carbocycles. The van der Waals surface area contributed by atoms with Crippen LogP contribution in [-0.4, -0.2) is 15.8 Å². The maximum atomic E-state index is 12.9. The fraction of sp³-hybridized carbons (Fsp3) is 0.0417. The molecule has 0 fully saturated rings. The van der Waals surface area contributed by atoms with Gasteiger partial charge in [-0.05, 0) is 54.1 Å². The van der Waals surface area contributed by atoms with Gasteiger partial charge in [0.15, 0.2) is 0 Å². The van der Waals surface area contributed by atoms with E-state index in [-0.39, 0.29) is 5.78 Å². The van der Waals surface area contributed by atoms with Gasteiger partial charge in [-0.25, -0.2) is 0 Å². The minimum Gasteiger partial charge on any atom is -0.489 e. The number of carbonyl (C=O) groups is 1. The van der Waals surface area contributed by atoms with Crippen molar-refractivity contribution in [3.8, 4) is 5.75 Å². The second-order valence-corrected chi connectivity index (χ2v) is 7.07. The van der Waals surface area contributed by atoms with Crippen molar-refractivity contribution in [1.29, 1.82) is 0 Å². The number of aromatic nitrogens is 2. The summed E-state index contributed by atoms with van der Waals surface area (Å²) in [5, 5.41) is 1.85. The van der Waals surface area contributed by atoms with Crippen LogP contribution in [0.2, 0.25) is 0 Å². The van der Waals surface area contributed by atoms with Crippen LogP contribution in [-0.2, 0) is 6.61 Å². The van der Waals surface area contributed by atoms with Crippen molar-refractivity contribution in [3.05, 3.63) is 95.8 Å². The highest BCUT2D eigenvalue weighted by molar-refractivity contribution is 6.11. The molecule has 5 rings (SSSR count). The Kier molecular flexibility index (Phi) is 4.06. The summed E-state index contributed by atoms with van der Waals surface area (Å²) in [5.74, 6) is 0.670. The average Bonchev–Trinajstić information content (AvgIpc) is 3.35. The van der Waals surface area contributed by atoms with Crippen molar-refractivity contribution in [2.45, 2.75) is 6.61 Å². The second kappa shape index (κ2) is 6.87. The van der Waals surface area contributed by atoms with E-state index in [1.54, 1.807) is 0 Å². The molecule has 4 N–H and O–H groups in total. The van der Waals surface area contributed by atoms with E-state index in [0.29, 0.717) is 23.7 Å². The molecule has 2 heterocycles. The van der Waals surface area contributed by atoms with E-state index in [0.717, 1.165) is 33.1 Å². The summed E-state index contributed by atoms with van der Waals surface area (Å²) < 4.78 is 5.89. The number of ketones is 1. The van der Waals surface area contributed by atoms with Crippen molar-refractivity contribution in [3.63, 3.8) is 0 Å². The van der Waals surface area contributed by atoms with Crippen molar-refractivity contribution >= 4 is 33.3 Å². The molecule has 0 radical (unpaired) electrons. The molecule has 0 spiro atoms. The van der Waals surface area contributed by atoms with E-state index in [2.05, 4.69) is 9.97 Å². The lowest BCUT2D eigenvalue weighted by atomic mass is 10.2. The average molecular weight is 381 g/mol. The van der Waals surface area contributed by atoms with E-state index in [9.17, 15) is 4.79 Å². The molecule has 5 nitrogen and oxygen atoms in total. The summed E-state index contributed by atoms with van der Waals surface area (Å²) in [5.41, 5.74) is 10.4. The SMILES string of the molecule is Nc1ccc2[nH]c(C(=O)c3cc4cc(OCc5ccccc5)ccc4[nH]3)cc2c1. The number of carbonyl (C=O) groups excluding carboxylic acids is 1. The van der Waals surface area contributed by atoms with Crippen LogP contribution >= 0.6 is 0 Å². The zero-order chi connectivity index (χ0) is 19.8. The lowest BCUT2D eigenvalue weighted by Gasteiger charge is -2.06. The van der Waals surface area contributed by atoms with Gasteiger partial charge in [0.1, 0.15) is 12.4 Å². The highest BCUT2D eigenvalue weighted by Crippen LogP contribution is 2.25. The highest BCUT2D eigenvalue weighted by atomic mass is 16.5. The van der Waals surface area contributed by atoms with Gasteiger partial charge in [-0.2, -0.15) is 0 Å². The van der Waals surface area contributed by atoms with Crippen LogP contribution in [0.15, 0.2) is 78.9 Å². The minimum atomic E-state index is -0.0947. The number of nitrogens with one attached hydrogen (secondary N) is 2. The standard InChI is InChI=1S/C24H19N3O2/c25-18-6-8-20-16(10-18)12-22(26-20)24(28)23-13-17-11-19(7-9-21(17)27-23)29-14-15-4-2-1-3-5-15/h1-13,26-27H,14,25H2. The molecule has 0 unspecified atom stereocenters. The van der Waals surface area contributed by atoms with Gasteiger partial charge < -0.3 is 20.4 Å². The van der Waals surface area contributed by atoms with Gasteiger partial charge in [0.2, 0.25) is 5.78 Å². The number of anilines is 1. The Morgan fingerprint density at radius 2 is 1.45 bits per heavy atom.